The molecule has 9 heteroatoms. The van der Waals surface area contributed by atoms with Gasteiger partial charge in [-0.05, 0) is 62.0 Å². The molecule has 0 aliphatic carbocycles. The Hall–Kier alpha value is -3.40. The van der Waals surface area contributed by atoms with E-state index in [-0.39, 0.29) is 17.3 Å². The average molecular weight is 537 g/mol. The standard InChI is InChI=1S/C29H36N4O4S/c1-31-19-21-32(22-20-31)18-8-17-30-29(34)27-11-6-7-12-28(27)33(23-24-9-4-3-5-10-24)38(35,36)26-15-13-25(37-2)14-16-26/h3-7,9-16H,8,17-23H2,1-2H3,(H,30,34). The van der Waals surface area contributed by atoms with Crippen LogP contribution in [0.25, 0.3) is 0 Å². The number of likely N-dealkylation sites (N-methyl/N-ethyl adjacent to an activating group) is 1. The Balaban J connectivity index is 1.55. The molecule has 8 nitrogen and oxygen atoms in total. The van der Waals surface area contributed by atoms with Gasteiger partial charge in [0.1, 0.15) is 5.75 Å². The molecule has 0 radical (unpaired) electrons. The lowest BCUT2D eigenvalue weighted by Gasteiger charge is -2.32. The minimum absolute atomic E-state index is 0.0862. The number of anilines is 1. The van der Waals surface area contributed by atoms with Crippen molar-refractivity contribution >= 4 is 21.6 Å². The molecular formula is C29H36N4O4S. The molecule has 1 heterocycles. The number of carbonyl (C=O) groups is 1. The van der Waals surface area contributed by atoms with Crippen LogP contribution in [-0.2, 0) is 16.6 Å². The third-order valence-corrected chi connectivity index (χ3v) is 8.54. The molecule has 202 valence electrons. The maximum atomic E-state index is 13.9. The minimum Gasteiger partial charge on any atom is -0.497 e. The molecule has 4 rings (SSSR count). The van der Waals surface area contributed by atoms with Crippen molar-refractivity contribution in [1.29, 1.82) is 0 Å². The molecule has 1 amide bonds. The van der Waals surface area contributed by atoms with Crippen molar-refractivity contribution in [3.63, 3.8) is 0 Å². The molecule has 1 fully saturated rings. The van der Waals surface area contributed by atoms with Crippen molar-refractivity contribution in [2.45, 2.75) is 17.9 Å². The molecule has 1 N–H and O–H groups in total. The number of amides is 1. The summed E-state index contributed by atoms with van der Waals surface area (Å²) in [5.74, 6) is 0.275. The number of carbonyl (C=O) groups excluding carboxylic acids is 1. The number of ether oxygens (including phenoxy) is 1. The van der Waals surface area contributed by atoms with Gasteiger partial charge in [0, 0.05) is 32.7 Å². The van der Waals surface area contributed by atoms with Gasteiger partial charge in [-0.15, -0.1) is 0 Å². The van der Waals surface area contributed by atoms with E-state index in [9.17, 15) is 13.2 Å². The summed E-state index contributed by atoms with van der Waals surface area (Å²) in [6.07, 6.45) is 0.829. The van der Waals surface area contributed by atoms with Crippen LogP contribution < -0.4 is 14.4 Å². The minimum atomic E-state index is -3.99. The molecule has 0 unspecified atom stereocenters. The third-order valence-electron chi connectivity index (χ3n) is 6.77. The number of benzene rings is 3. The number of hydrogen-bond acceptors (Lipinski definition) is 6. The highest BCUT2D eigenvalue weighted by molar-refractivity contribution is 7.92. The van der Waals surface area contributed by atoms with E-state index in [0.29, 0.717) is 23.5 Å². The van der Waals surface area contributed by atoms with Gasteiger partial charge in [0.05, 0.1) is 29.8 Å². The number of rotatable bonds is 11. The molecule has 0 aromatic heterocycles. The first-order valence-corrected chi connectivity index (χ1v) is 14.3. The second-order valence-corrected chi connectivity index (χ2v) is 11.3. The average Bonchev–Trinajstić information content (AvgIpc) is 2.95. The summed E-state index contributed by atoms with van der Waals surface area (Å²) in [6, 6.07) is 22.5. The Kier molecular flexibility index (Phi) is 9.38. The van der Waals surface area contributed by atoms with Crippen LogP contribution in [0.3, 0.4) is 0 Å². The summed E-state index contributed by atoms with van der Waals surface area (Å²) in [5, 5.41) is 3.00. The SMILES string of the molecule is COc1ccc(S(=O)(=O)N(Cc2ccccc2)c2ccccc2C(=O)NCCCN2CCN(C)CC2)cc1. The first-order valence-electron chi connectivity index (χ1n) is 12.9. The van der Waals surface area contributed by atoms with Gasteiger partial charge in [-0.3, -0.25) is 9.10 Å². The molecule has 0 atom stereocenters. The predicted octanol–water partition coefficient (Wildman–Crippen LogP) is 3.46. The smallest absolute Gasteiger partial charge is 0.264 e. The Morgan fingerprint density at radius 3 is 2.26 bits per heavy atom. The van der Waals surface area contributed by atoms with Crippen LogP contribution in [0.15, 0.2) is 83.8 Å². The van der Waals surface area contributed by atoms with Crippen LogP contribution in [-0.4, -0.2) is 77.6 Å². The fourth-order valence-electron chi connectivity index (χ4n) is 4.48. The lowest BCUT2D eigenvalue weighted by Crippen LogP contribution is -2.45. The van der Waals surface area contributed by atoms with Gasteiger partial charge in [-0.1, -0.05) is 42.5 Å². The number of nitrogens with zero attached hydrogens (tertiary/aromatic N) is 3. The number of para-hydroxylation sites is 1. The first kappa shape index (κ1) is 27.6. The zero-order valence-electron chi connectivity index (χ0n) is 22.0. The molecule has 1 aliphatic heterocycles. The monoisotopic (exact) mass is 536 g/mol. The Morgan fingerprint density at radius 2 is 1.58 bits per heavy atom. The predicted molar refractivity (Wildman–Crippen MR) is 150 cm³/mol. The van der Waals surface area contributed by atoms with E-state index in [1.54, 1.807) is 36.4 Å². The fraction of sp³-hybridized carbons (Fsp3) is 0.345. The van der Waals surface area contributed by atoms with Gasteiger partial charge in [0.25, 0.3) is 15.9 Å². The van der Waals surface area contributed by atoms with Crippen LogP contribution in [0.4, 0.5) is 5.69 Å². The molecule has 38 heavy (non-hydrogen) atoms. The van der Waals surface area contributed by atoms with Crippen molar-refractivity contribution in [3.05, 3.63) is 90.0 Å². The van der Waals surface area contributed by atoms with Gasteiger partial charge < -0.3 is 19.9 Å². The van der Waals surface area contributed by atoms with Crippen LogP contribution >= 0.6 is 0 Å². The maximum Gasteiger partial charge on any atom is 0.264 e. The molecule has 0 saturated carbocycles. The van der Waals surface area contributed by atoms with Crippen LogP contribution in [0, 0.1) is 0 Å². The summed E-state index contributed by atoms with van der Waals surface area (Å²) in [6.45, 7) is 5.70. The van der Waals surface area contributed by atoms with Crippen LogP contribution in [0.1, 0.15) is 22.3 Å². The number of sulfonamides is 1. The molecule has 3 aromatic carbocycles. The first-order chi connectivity index (χ1) is 18.4. The maximum absolute atomic E-state index is 13.9. The van der Waals surface area contributed by atoms with Crippen LogP contribution in [0.5, 0.6) is 5.75 Å². The molecule has 3 aromatic rings. The summed E-state index contributed by atoms with van der Waals surface area (Å²) >= 11 is 0. The summed E-state index contributed by atoms with van der Waals surface area (Å²) in [7, 11) is -0.328. The summed E-state index contributed by atoms with van der Waals surface area (Å²) in [5.41, 5.74) is 1.47. The number of piperazine rings is 1. The highest BCUT2D eigenvalue weighted by atomic mass is 32.2. The zero-order valence-corrected chi connectivity index (χ0v) is 22.9. The fourth-order valence-corrected chi connectivity index (χ4v) is 5.95. The molecule has 0 spiro atoms. The summed E-state index contributed by atoms with van der Waals surface area (Å²) in [4.78, 5) is 18.1. The number of methoxy groups -OCH3 is 1. The Morgan fingerprint density at radius 1 is 0.921 bits per heavy atom. The van der Waals surface area contributed by atoms with E-state index < -0.39 is 10.0 Å². The van der Waals surface area contributed by atoms with E-state index in [0.717, 1.165) is 44.7 Å². The number of nitrogens with one attached hydrogen (secondary N) is 1. The van der Waals surface area contributed by atoms with Crippen molar-refractivity contribution in [3.8, 4) is 5.75 Å². The Bertz CT molecular complexity index is 1290. The van der Waals surface area contributed by atoms with E-state index in [4.69, 9.17) is 4.74 Å². The molecule has 1 aliphatic rings. The van der Waals surface area contributed by atoms with Crippen molar-refractivity contribution in [2.75, 3.05) is 57.7 Å². The van der Waals surface area contributed by atoms with Crippen molar-refractivity contribution < 1.29 is 17.9 Å². The van der Waals surface area contributed by atoms with Gasteiger partial charge in [0.15, 0.2) is 0 Å². The van der Waals surface area contributed by atoms with Crippen molar-refractivity contribution in [1.82, 2.24) is 15.1 Å². The van der Waals surface area contributed by atoms with Gasteiger partial charge in [-0.25, -0.2) is 8.42 Å². The molecular weight excluding hydrogens is 500 g/mol. The highest BCUT2D eigenvalue weighted by Gasteiger charge is 2.28. The van der Waals surface area contributed by atoms with E-state index in [1.807, 2.05) is 30.3 Å². The number of hydrogen-bond donors (Lipinski definition) is 1. The van der Waals surface area contributed by atoms with Gasteiger partial charge in [0.2, 0.25) is 0 Å². The second kappa shape index (κ2) is 12.9. The lowest BCUT2D eigenvalue weighted by atomic mass is 10.1. The van der Waals surface area contributed by atoms with Gasteiger partial charge in [-0.2, -0.15) is 0 Å². The van der Waals surface area contributed by atoms with Gasteiger partial charge >= 0.3 is 0 Å². The summed E-state index contributed by atoms with van der Waals surface area (Å²) < 4.78 is 34.3. The topological polar surface area (TPSA) is 82.2 Å². The highest BCUT2D eigenvalue weighted by Crippen LogP contribution is 2.30. The quantitative estimate of drug-likeness (QED) is 0.378. The van der Waals surface area contributed by atoms with E-state index >= 15 is 0 Å². The second-order valence-electron chi connectivity index (χ2n) is 9.44. The molecule has 1 saturated heterocycles. The van der Waals surface area contributed by atoms with Crippen molar-refractivity contribution in [2.24, 2.45) is 0 Å². The molecule has 0 bridgehead atoms. The Labute approximate surface area is 225 Å². The lowest BCUT2D eigenvalue weighted by molar-refractivity contribution is 0.0950. The zero-order chi connectivity index (χ0) is 27.0. The van der Waals surface area contributed by atoms with E-state index in [2.05, 4.69) is 22.2 Å². The largest absolute Gasteiger partial charge is 0.497 e. The van der Waals surface area contributed by atoms with E-state index in [1.165, 1.54) is 23.5 Å². The third kappa shape index (κ3) is 6.92. The normalized spacial score (nSPS) is 14.7. The van der Waals surface area contributed by atoms with Crippen LogP contribution in [0.2, 0.25) is 0 Å².